The van der Waals surface area contributed by atoms with E-state index in [0.29, 0.717) is 18.3 Å². The zero-order chi connectivity index (χ0) is 19.5. The van der Waals surface area contributed by atoms with Gasteiger partial charge >= 0.3 is 0 Å². The Morgan fingerprint density at radius 1 is 1.25 bits per heavy atom. The van der Waals surface area contributed by atoms with E-state index in [0.717, 1.165) is 50.4 Å². The lowest BCUT2D eigenvalue weighted by Gasteiger charge is -2.36. The summed E-state index contributed by atoms with van der Waals surface area (Å²) in [6.07, 6.45) is 10.6. The first-order valence-electron chi connectivity index (χ1n) is 10.7. The van der Waals surface area contributed by atoms with Gasteiger partial charge in [0.2, 0.25) is 5.91 Å². The number of carbonyl (C=O) groups excluding carboxylic acids is 1. The maximum Gasteiger partial charge on any atom is 0.223 e. The van der Waals surface area contributed by atoms with Gasteiger partial charge in [0, 0.05) is 31.3 Å². The fourth-order valence-corrected chi connectivity index (χ4v) is 4.07. The van der Waals surface area contributed by atoms with Gasteiger partial charge in [0.15, 0.2) is 5.82 Å². The van der Waals surface area contributed by atoms with E-state index in [9.17, 15) is 4.79 Å². The molecule has 1 aliphatic carbocycles. The van der Waals surface area contributed by atoms with Crippen LogP contribution in [0.4, 0.5) is 0 Å². The molecule has 28 heavy (non-hydrogen) atoms. The molecule has 0 unspecified atom stereocenters. The molecule has 1 aliphatic heterocycles. The molecule has 6 heteroatoms. The number of carbonyl (C=O) groups is 1. The number of rotatable bonds is 8. The molecule has 0 aromatic carbocycles. The average molecular weight is 382 g/mol. The van der Waals surface area contributed by atoms with Crippen molar-refractivity contribution >= 4 is 5.91 Å². The highest BCUT2D eigenvalue weighted by atomic mass is 16.2. The van der Waals surface area contributed by atoms with Gasteiger partial charge in [-0.1, -0.05) is 19.9 Å². The summed E-state index contributed by atoms with van der Waals surface area (Å²) in [6, 6.07) is 4.14. The summed E-state index contributed by atoms with van der Waals surface area (Å²) >= 11 is 0. The second kappa shape index (κ2) is 8.41. The van der Waals surface area contributed by atoms with Crippen LogP contribution >= 0.6 is 0 Å². The molecule has 0 radical (unpaired) electrons. The van der Waals surface area contributed by atoms with Gasteiger partial charge in [-0.3, -0.25) is 9.78 Å². The lowest BCUT2D eigenvalue weighted by Crippen LogP contribution is -2.43. The van der Waals surface area contributed by atoms with Crippen molar-refractivity contribution in [3.8, 4) is 0 Å². The van der Waals surface area contributed by atoms with Crippen molar-refractivity contribution in [3.63, 3.8) is 0 Å². The number of unbranched alkanes of at least 4 members (excludes halogenated alkanes) is 1. The molecule has 2 aliphatic rings. The van der Waals surface area contributed by atoms with Crippen molar-refractivity contribution in [3.05, 3.63) is 41.7 Å². The van der Waals surface area contributed by atoms with Crippen molar-refractivity contribution in [1.29, 1.82) is 0 Å². The Morgan fingerprint density at radius 2 is 2.11 bits per heavy atom. The van der Waals surface area contributed by atoms with Gasteiger partial charge in [-0.15, -0.1) is 0 Å². The maximum absolute atomic E-state index is 13.0. The van der Waals surface area contributed by atoms with Crippen LogP contribution in [-0.2, 0) is 17.8 Å². The number of nitrogens with zero attached hydrogens (tertiary/aromatic N) is 5. The molecule has 1 saturated carbocycles. The first-order valence-corrected chi connectivity index (χ1v) is 10.7. The highest BCUT2D eigenvalue weighted by Crippen LogP contribution is 2.40. The third kappa shape index (κ3) is 4.42. The van der Waals surface area contributed by atoms with Crippen LogP contribution in [0.5, 0.6) is 0 Å². The van der Waals surface area contributed by atoms with E-state index < -0.39 is 0 Å². The number of amides is 1. The van der Waals surface area contributed by atoms with Gasteiger partial charge in [0.05, 0.1) is 12.6 Å². The van der Waals surface area contributed by atoms with Gasteiger partial charge in [-0.25, -0.2) is 9.67 Å². The van der Waals surface area contributed by atoms with Crippen LogP contribution in [0, 0.1) is 5.92 Å². The van der Waals surface area contributed by atoms with Crippen molar-refractivity contribution in [1.82, 2.24) is 24.6 Å². The second-order valence-corrected chi connectivity index (χ2v) is 8.63. The van der Waals surface area contributed by atoms with E-state index in [1.807, 2.05) is 12.3 Å². The summed E-state index contributed by atoms with van der Waals surface area (Å²) in [5, 5.41) is 4.73. The summed E-state index contributed by atoms with van der Waals surface area (Å²) in [6.45, 7) is 5.95. The number of aromatic nitrogens is 4. The zero-order valence-corrected chi connectivity index (χ0v) is 17.0. The minimum absolute atomic E-state index is 0.0690. The van der Waals surface area contributed by atoms with Crippen molar-refractivity contribution in [2.24, 2.45) is 5.92 Å². The molecule has 2 aromatic rings. The fraction of sp³-hybridized carbons (Fsp3) is 0.636. The number of aryl methyl sites for hydroxylation is 1. The molecule has 150 valence electrons. The van der Waals surface area contributed by atoms with E-state index in [2.05, 4.69) is 34.5 Å². The molecular weight excluding hydrogens is 350 g/mol. The molecule has 1 atom stereocenters. The van der Waals surface area contributed by atoms with Gasteiger partial charge < -0.3 is 4.90 Å². The largest absolute Gasteiger partial charge is 0.331 e. The number of hydrogen-bond acceptors (Lipinski definition) is 4. The predicted molar refractivity (Wildman–Crippen MR) is 108 cm³/mol. The Hall–Kier alpha value is -2.24. The lowest BCUT2D eigenvalue weighted by atomic mass is 9.99. The number of hydrogen-bond donors (Lipinski definition) is 0. The standard InChI is InChI=1S/C22H31N5O/c1-16(2)14-19-22-24-21(18-9-10-18)25-27(22)13-12-26(19)20(28)8-4-3-6-17-7-5-11-23-15-17/h5,7,11,15-16,18-19H,3-4,6,8-10,12-14H2,1-2H3/t19-/m0/s1. The Labute approximate surface area is 167 Å². The van der Waals surface area contributed by atoms with Gasteiger partial charge in [0.1, 0.15) is 5.82 Å². The maximum atomic E-state index is 13.0. The predicted octanol–water partition coefficient (Wildman–Crippen LogP) is 3.89. The molecule has 2 aromatic heterocycles. The summed E-state index contributed by atoms with van der Waals surface area (Å²) in [4.78, 5) is 24.1. The molecule has 0 N–H and O–H groups in total. The Morgan fingerprint density at radius 3 is 2.82 bits per heavy atom. The molecular formula is C22H31N5O. The van der Waals surface area contributed by atoms with Crippen LogP contribution < -0.4 is 0 Å². The SMILES string of the molecule is CC(C)C[C@H]1c2nc(C3CC3)nn2CCN1C(=O)CCCCc1cccnc1. The van der Waals surface area contributed by atoms with Crippen LogP contribution in [0.15, 0.2) is 24.5 Å². The highest BCUT2D eigenvalue weighted by Gasteiger charge is 2.36. The minimum atomic E-state index is 0.0690. The summed E-state index contributed by atoms with van der Waals surface area (Å²) < 4.78 is 2.06. The van der Waals surface area contributed by atoms with Crippen LogP contribution in [0.3, 0.4) is 0 Å². The Bertz CT molecular complexity index is 797. The van der Waals surface area contributed by atoms with Crippen LogP contribution in [-0.4, -0.2) is 37.1 Å². The highest BCUT2D eigenvalue weighted by molar-refractivity contribution is 5.76. The van der Waals surface area contributed by atoms with E-state index in [1.54, 1.807) is 6.20 Å². The lowest BCUT2D eigenvalue weighted by molar-refractivity contribution is -0.135. The van der Waals surface area contributed by atoms with Crippen LogP contribution in [0.25, 0.3) is 0 Å². The molecule has 1 fully saturated rings. The number of pyridine rings is 1. The Kier molecular flexibility index (Phi) is 5.74. The van der Waals surface area contributed by atoms with E-state index in [-0.39, 0.29) is 11.9 Å². The Balaban J connectivity index is 1.38. The molecule has 3 heterocycles. The van der Waals surface area contributed by atoms with Gasteiger partial charge in [-0.05, 0) is 56.1 Å². The normalized spacial score (nSPS) is 19.1. The third-order valence-corrected chi connectivity index (χ3v) is 5.73. The third-order valence-electron chi connectivity index (χ3n) is 5.73. The molecule has 0 saturated heterocycles. The second-order valence-electron chi connectivity index (χ2n) is 8.63. The monoisotopic (exact) mass is 381 g/mol. The topological polar surface area (TPSA) is 63.9 Å². The summed E-state index contributed by atoms with van der Waals surface area (Å²) in [5.41, 5.74) is 1.24. The smallest absolute Gasteiger partial charge is 0.223 e. The van der Waals surface area contributed by atoms with E-state index in [4.69, 9.17) is 10.1 Å². The van der Waals surface area contributed by atoms with Crippen LogP contribution in [0.1, 0.15) is 81.5 Å². The van der Waals surface area contributed by atoms with Gasteiger partial charge in [-0.2, -0.15) is 5.10 Å². The molecule has 0 bridgehead atoms. The van der Waals surface area contributed by atoms with Crippen molar-refractivity contribution < 1.29 is 4.79 Å². The van der Waals surface area contributed by atoms with Crippen LogP contribution in [0.2, 0.25) is 0 Å². The molecule has 4 rings (SSSR count). The average Bonchev–Trinajstić information content (AvgIpc) is 3.44. The molecule has 1 amide bonds. The zero-order valence-electron chi connectivity index (χ0n) is 17.0. The molecule has 0 spiro atoms. The summed E-state index contributed by atoms with van der Waals surface area (Å²) in [5.74, 6) is 3.33. The molecule has 6 nitrogen and oxygen atoms in total. The summed E-state index contributed by atoms with van der Waals surface area (Å²) in [7, 11) is 0. The van der Waals surface area contributed by atoms with Gasteiger partial charge in [0.25, 0.3) is 0 Å². The van der Waals surface area contributed by atoms with Crippen molar-refractivity contribution in [2.75, 3.05) is 6.54 Å². The fourth-order valence-electron chi connectivity index (χ4n) is 4.07. The first-order chi connectivity index (χ1) is 13.6. The first kappa shape index (κ1) is 19.1. The van der Waals surface area contributed by atoms with E-state index in [1.165, 1.54) is 18.4 Å². The number of fused-ring (bicyclic) bond motifs is 1. The van der Waals surface area contributed by atoms with E-state index >= 15 is 0 Å². The minimum Gasteiger partial charge on any atom is -0.331 e. The van der Waals surface area contributed by atoms with Crippen molar-refractivity contribution in [2.45, 2.75) is 77.3 Å². The quantitative estimate of drug-likeness (QED) is 0.651.